The maximum absolute atomic E-state index is 12.4. The fourth-order valence-electron chi connectivity index (χ4n) is 1.20. The highest BCUT2D eigenvalue weighted by atomic mass is 32.2. The van der Waals surface area contributed by atoms with Crippen LogP contribution in [0.1, 0.15) is 6.42 Å². The van der Waals surface area contributed by atoms with Crippen molar-refractivity contribution in [1.82, 2.24) is 4.90 Å². The molecule has 1 atom stereocenters. The average Bonchev–Trinajstić information content (AvgIpc) is 2.09. The summed E-state index contributed by atoms with van der Waals surface area (Å²) in [6.45, 7) is -0.804. The van der Waals surface area contributed by atoms with Crippen molar-refractivity contribution in [2.24, 2.45) is 5.73 Å². The molecule has 0 radical (unpaired) electrons. The molecule has 15 heavy (non-hydrogen) atoms. The van der Waals surface area contributed by atoms with Crippen molar-refractivity contribution < 1.29 is 22.8 Å². The van der Waals surface area contributed by atoms with Crippen molar-refractivity contribution in [3.63, 3.8) is 0 Å². The highest BCUT2D eigenvalue weighted by molar-refractivity contribution is 8.13. The Morgan fingerprint density at radius 3 is 2.47 bits per heavy atom. The van der Waals surface area contributed by atoms with Crippen LogP contribution in [0.3, 0.4) is 0 Å². The predicted molar refractivity (Wildman–Crippen MR) is 48.2 cm³/mol. The highest BCUT2D eigenvalue weighted by Crippen LogP contribution is 2.29. The molecule has 1 aliphatic heterocycles. The van der Waals surface area contributed by atoms with Crippen LogP contribution in [0, 0.1) is 0 Å². The number of halogens is 3. The summed E-state index contributed by atoms with van der Waals surface area (Å²) in [6.07, 6.45) is -4.74. The van der Waals surface area contributed by atoms with E-state index >= 15 is 0 Å². The minimum absolute atomic E-state index is 0.0665. The van der Waals surface area contributed by atoms with Gasteiger partial charge in [0, 0.05) is 18.7 Å². The van der Waals surface area contributed by atoms with E-state index in [9.17, 15) is 22.8 Å². The Morgan fingerprint density at radius 1 is 1.47 bits per heavy atom. The first-order valence-corrected chi connectivity index (χ1v) is 5.12. The normalized spacial score (nSPS) is 20.7. The van der Waals surface area contributed by atoms with Crippen LogP contribution in [0.5, 0.6) is 0 Å². The van der Waals surface area contributed by atoms with Crippen molar-refractivity contribution in [3.8, 4) is 0 Å². The summed E-state index contributed by atoms with van der Waals surface area (Å²) in [7, 11) is 0. The van der Waals surface area contributed by atoms with Gasteiger partial charge in [0.2, 0.25) is 5.91 Å². The fourth-order valence-corrected chi connectivity index (χ4v) is 2.02. The molecule has 86 valence electrons. The lowest BCUT2D eigenvalue weighted by molar-refractivity contribution is -0.179. The second-order valence-electron chi connectivity index (χ2n) is 2.92. The summed E-state index contributed by atoms with van der Waals surface area (Å²) in [5.41, 5.74) is 4.94. The smallest absolute Gasteiger partial charge is 0.328 e. The van der Waals surface area contributed by atoms with Crippen LogP contribution >= 0.6 is 11.8 Å². The molecule has 2 N–H and O–H groups in total. The fraction of sp³-hybridized carbons (Fsp3) is 0.714. The average molecular weight is 242 g/mol. The Balaban J connectivity index is 2.91. The van der Waals surface area contributed by atoms with Crippen LogP contribution in [0.4, 0.5) is 18.0 Å². The van der Waals surface area contributed by atoms with Gasteiger partial charge in [-0.25, -0.2) is 0 Å². The van der Waals surface area contributed by atoms with Gasteiger partial charge in [-0.05, 0) is 0 Å². The van der Waals surface area contributed by atoms with E-state index in [0.717, 1.165) is 0 Å². The summed E-state index contributed by atoms with van der Waals surface area (Å²) >= 11 is 0.700. The third-order valence-electron chi connectivity index (χ3n) is 1.92. The van der Waals surface area contributed by atoms with Gasteiger partial charge in [0.15, 0.2) is 0 Å². The molecule has 0 aromatic carbocycles. The summed E-state index contributed by atoms with van der Waals surface area (Å²) < 4.78 is 37.2. The summed E-state index contributed by atoms with van der Waals surface area (Å²) in [4.78, 5) is 22.6. The van der Waals surface area contributed by atoms with Crippen molar-refractivity contribution in [2.45, 2.75) is 18.6 Å². The molecular weight excluding hydrogens is 233 g/mol. The van der Waals surface area contributed by atoms with Gasteiger partial charge >= 0.3 is 6.18 Å². The number of alkyl halides is 3. The van der Waals surface area contributed by atoms with Gasteiger partial charge in [-0.2, -0.15) is 13.2 Å². The number of rotatable bonds is 2. The molecular formula is C7H9F3N2O2S. The van der Waals surface area contributed by atoms with E-state index in [2.05, 4.69) is 0 Å². The highest BCUT2D eigenvalue weighted by Gasteiger charge is 2.48. The number of amides is 2. The zero-order chi connectivity index (χ0) is 11.6. The second-order valence-corrected chi connectivity index (χ2v) is 3.97. The van der Waals surface area contributed by atoms with Crippen LogP contribution in [0.25, 0.3) is 0 Å². The van der Waals surface area contributed by atoms with Crippen molar-refractivity contribution >= 4 is 22.9 Å². The zero-order valence-electron chi connectivity index (χ0n) is 7.58. The Hall–Kier alpha value is -0.760. The summed E-state index contributed by atoms with van der Waals surface area (Å²) in [6, 6.07) is -2.20. The number of nitrogens with two attached hydrogens (primary N) is 1. The lowest BCUT2D eigenvalue weighted by Gasteiger charge is -2.32. The number of imide groups is 1. The number of thioether (sulfide) groups is 1. The van der Waals surface area contributed by atoms with E-state index in [1.54, 1.807) is 0 Å². The Morgan fingerprint density at radius 2 is 2.07 bits per heavy atom. The molecule has 0 aromatic heterocycles. The molecule has 1 aliphatic rings. The Labute approximate surface area is 88.0 Å². The molecule has 1 rings (SSSR count). The molecule has 0 aliphatic carbocycles. The number of carbonyl (C=O) groups excluding carboxylic acids is 2. The number of carbonyl (C=O) groups is 2. The molecule has 1 saturated heterocycles. The first-order valence-electron chi connectivity index (χ1n) is 4.13. The van der Waals surface area contributed by atoms with Gasteiger partial charge in [0.25, 0.3) is 5.24 Å². The predicted octanol–water partition coefficient (Wildman–Crippen LogP) is 0.962. The summed E-state index contributed by atoms with van der Waals surface area (Å²) in [5, 5.41) is -0.876. The molecule has 0 aromatic rings. The SMILES string of the molecule is NCC(N1C(=O)CCSC1=O)C(F)(F)F. The third kappa shape index (κ3) is 2.63. The minimum atomic E-state index is -4.67. The van der Waals surface area contributed by atoms with Gasteiger partial charge in [-0.1, -0.05) is 11.8 Å². The zero-order valence-corrected chi connectivity index (χ0v) is 8.40. The van der Waals surface area contributed by atoms with Gasteiger partial charge in [-0.3, -0.25) is 14.5 Å². The van der Waals surface area contributed by atoms with Crippen LogP contribution in [0.2, 0.25) is 0 Å². The molecule has 0 bridgehead atoms. The molecule has 0 spiro atoms. The Kier molecular flexibility index (Phi) is 3.61. The molecule has 1 heterocycles. The van der Waals surface area contributed by atoms with Crippen molar-refractivity contribution in [2.75, 3.05) is 12.3 Å². The number of nitrogens with zero attached hydrogens (tertiary/aromatic N) is 1. The first-order chi connectivity index (χ1) is 6.88. The standard InChI is InChI=1S/C7H9F3N2O2S/c8-7(9,10)4(3-11)12-5(13)1-2-15-6(12)14/h4H,1-3,11H2. The molecule has 0 saturated carbocycles. The maximum atomic E-state index is 12.4. The quantitative estimate of drug-likeness (QED) is 0.783. The van der Waals surface area contributed by atoms with Crippen LogP contribution in [-0.2, 0) is 4.79 Å². The number of hydrogen-bond donors (Lipinski definition) is 1. The van der Waals surface area contributed by atoms with Gasteiger partial charge in [-0.15, -0.1) is 0 Å². The van der Waals surface area contributed by atoms with Crippen LogP contribution in [-0.4, -0.2) is 40.6 Å². The van der Waals surface area contributed by atoms with Gasteiger partial charge in [0.05, 0.1) is 0 Å². The Bertz CT molecular complexity index is 266. The molecule has 1 fully saturated rings. The molecule has 2 amide bonds. The minimum Gasteiger partial charge on any atom is -0.328 e. The van der Waals surface area contributed by atoms with Gasteiger partial charge in [0.1, 0.15) is 6.04 Å². The van der Waals surface area contributed by atoms with E-state index in [1.807, 2.05) is 0 Å². The third-order valence-corrected chi connectivity index (χ3v) is 2.77. The monoisotopic (exact) mass is 242 g/mol. The maximum Gasteiger partial charge on any atom is 0.410 e. The molecule has 1 unspecified atom stereocenters. The lowest BCUT2D eigenvalue weighted by Crippen LogP contribution is -2.55. The lowest BCUT2D eigenvalue weighted by atomic mass is 10.2. The van der Waals surface area contributed by atoms with Gasteiger partial charge < -0.3 is 5.73 Å². The van der Waals surface area contributed by atoms with Crippen molar-refractivity contribution in [1.29, 1.82) is 0 Å². The van der Waals surface area contributed by atoms with Crippen LogP contribution < -0.4 is 5.73 Å². The van der Waals surface area contributed by atoms with E-state index in [1.165, 1.54) is 0 Å². The van der Waals surface area contributed by atoms with E-state index < -0.39 is 29.9 Å². The largest absolute Gasteiger partial charge is 0.410 e. The molecule has 4 nitrogen and oxygen atoms in total. The van der Waals surface area contributed by atoms with E-state index in [0.29, 0.717) is 11.8 Å². The van der Waals surface area contributed by atoms with E-state index in [-0.39, 0.29) is 17.1 Å². The van der Waals surface area contributed by atoms with Crippen molar-refractivity contribution in [3.05, 3.63) is 0 Å². The second kappa shape index (κ2) is 4.40. The van der Waals surface area contributed by atoms with E-state index in [4.69, 9.17) is 5.73 Å². The first kappa shape index (κ1) is 12.3. The van der Waals surface area contributed by atoms with Crippen LogP contribution in [0.15, 0.2) is 0 Å². The summed E-state index contributed by atoms with van der Waals surface area (Å²) in [5.74, 6) is -0.588. The topological polar surface area (TPSA) is 63.4 Å². The number of hydrogen-bond acceptors (Lipinski definition) is 4. The molecule has 8 heteroatoms.